The molecule has 1 atom stereocenters. The van der Waals surface area contributed by atoms with E-state index in [0.717, 1.165) is 16.9 Å². The van der Waals surface area contributed by atoms with Gasteiger partial charge < -0.3 is 10.1 Å². The van der Waals surface area contributed by atoms with Crippen molar-refractivity contribution < 1.29 is 9.53 Å². The van der Waals surface area contributed by atoms with Crippen molar-refractivity contribution in [2.24, 2.45) is 0 Å². The highest BCUT2D eigenvalue weighted by atomic mass is 35.5. The van der Waals surface area contributed by atoms with Gasteiger partial charge in [0.25, 0.3) is 5.91 Å². The molecule has 110 valence electrons. The second kappa shape index (κ2) is 6.64. The minimum absolute atomic E-state index is 0.197. The van der Waals surface area contributed by atoms with Crippen molar-refractivity contribution in [3.8, 4) is 5.75 Å². The zero-order valence-corrected chi connectivity index (χ0v) is 13.1. The number of nitrogens with one attached hydrogen (secondary N) is 1. The van der Waals surface area contributed by atoms with Crippen LogP contribution in [-0.2, 0) is 4.79 Å². The lowest BCUT2D eigenvalue weighted by molar-refractivity contribution is -0.122. The molecule has 1 N–H and O–H groups in total. The lowest BCUT2D eigenvalue weighted by Gasteiger charge is -2.16. The molecule has 2 aromatic carbocycles. The molecule has 0 saturated heterocycles. The van der Waals surface area contributed by atoms with Crippen LogP contribution in [0.25, 0.3) is 0 Å². The molecule has 2 rings (SSSR count). The molecule has 0 radical (unpaired) electrons. The largest absolute Gasteiger partial charge is 0.481 e. The Bertz CT molecular complexity index is 638. The Kier molecular flexibility index (Phi) is 4.86. The molecule has 0 saturated carbocycles. The topological polar surface area (TPSA) is 38.3 Å². The molecule has 0 fully saturated rings. The van der Waals surface area contributed by atoms with Crippen molar-refractivity contribution >= 4 is 23.2 Å². The Morgan fingerprint density at radius 3 is 2.43 bits per heavy atom. The van der Waals surface area contributed by atoms with E-state index in [0.29, 0.717) is 10.7 Å². The summed E-state index contributed by atoms with van der Waals surface area (Å²) < 4.78 is 5.72. The molecule has 0 aliphatic carbocycles. The van der Waals surface area contributed by atoms with Gasteiger partial charge in [-0.2, -0.15) is 0 Å². The van der Waals surface area contributed by atoms with Gasteiger partial charge in [0.1, 0.15) is 5.75 Å². The maximum absolute atomic E-state index is 12.1. The Balaban J connectivity index is 2.00. The van der Waals surface area contributed by atoms with Crippen molar-refractivity contribution in [3.05, 3.63) is 58.6 Å². The first-order chi connectivity index (χ1) is 9.95. The standard InChI is InChI=1S/C17H18ClNO2/c1-11-4-9-16(12(2)10-11)21-13(3)17(20)19-15-7-5-14(18)6-8-15/h4-10,13H,1-3H3,(H,19,20)/t13-/m0/s1. The van der Waals surface area contributed by atoms with Crippen LogP contribution in [0.1, 0.15) is 18.1 Å². The van der Waals surface area contributed by atoms with E-state index in [4.69, 9.17) is 16.3 Å². The molecule has 0 unspecified atom stereocenters. The molecule has 1 amide bonds. The van der Waals surface area contributed by atoms with Crippen LogP contribution in [0.3, 0.4) is 0 Å². The van der Waals surface area contributed by atoms with Gasteiger partial charge in [-0.1, -0.05) is 29.3 Å². The predicted octanol–water partition coefficient (Wildman–Crippen LogP) is 4.36. The van der Waals surface area contributed by atoms with E-state index in [1.54, 1.807) is 31.2 Å². The van der Waals surface area contributed by atoms with Gasteiger partial charge in [-0.25, -0.2) is 0 Å². The molecule has 0 aliphatic heterocycles. The van der Waals surface area contributed by atoms with Gasteiger partial charge in [-0.05, 0) is 56.7 Å². The van der Waals surface area contributed by atoms with Crippen LogP contribution in [0.2, 0.25) is 5.02 Å². The summed E-state index contributed by atoms with van der Waals surface area (Å²) in [5, 5.41) is 3.43. The fourth-order valence-electron chi connectivity index (χ4n) is 1.95. The SMILES string of the molecule is Cc1ccc(O[C@@H](C)C(=O)Nc2ccc(Cl)cc2)c(C)c1. The quantitative estimate of drug-likeness (QED) is 0.911. The number of halogens is 1. The van der Waals surface area contributed by atoms with Crippen molar-refractivity contribution in [2.45, 2.75) is 26.9 Å². The lowest BCUT2D eigenvalue weighted by atomic mass is 10.1. The van der Waals surface area contributed by atoms with E-state index in [-0.39, 0.29) is 5.91 Å². The fourth-order valence-corrected chi connectivity index (χ4v) is 2.08. The molecule has 0 spiro atoms. The normalized spacial score (nSPS) is 11.8. The first-order valence-corrected chi connectivity index (χ1v) is 7.14. The zero-order valence-electron chi connectivity index (χ0n) is 12.3. The lowest BCUT2D eigenvalue weighted by Crippen LogP contribution is -2.30. The van der Waals surface area contributed by atoms with Crippen molar-refractivity contribution in [3.63, 3.8) is 0 Å². The maximum Gasteiger partial charge on any atom is 0.265 e. The van der Waals surface area contributed by atoms with E-state index in [1.165, 1.54) is 0 Å². The molecule has 3 nitrogen and oxygen atoms in total. The van der Waals surface area contributed by atoms with Gasteiger partial charge in [-0.3, -0.25) is 4.79 Å². The van der Waals surface area contributed by atoms with Gasteiger partial charge in [0.05, 0.1) is 0 Å². The number of ether oxygens (including phenoxy) is 1. The number of benzene rings is 2. The third kappa shape index (κ3) is 4.23. The predicted molar refractivity (Wildman–Crippen MR) is 86.1 cm³/mol. The number of carbonyl (C=O) groups excluding carboxylic acids is 1. The third-order valence-corrected chi connectivity index (χ3v) is 3.37. The van der Waals surface area contributed by atoms with Crippen LogP contribution in [0, 0.1) is 13.8 Å². The Hall–Kier alpha value is -2.00. The Labute approximate surface area is 129 Å². The highest BCUT2D eigenvalue weighted by Gasteiger charge is 2.15. The maximum atomic E-state index is 12.1. The second-order valence-electron chi connectivity index (χ2n) is 5.03. The molecule has 21 heavy (non-hydrogen) atoms. The van der Waals surface area contributed by atoms with Crippen molar-refractivity contribution in [1.82, 2.24) is 0 Å². The monoisotopic (exact) mass is 303 g/mol. The summed E-state index contributed by atoms with van der Waals surface area (Å²) in [6, 6.07) is 12.8. The molecular formula is C17H18ClNO2. The van der Waals surface area contributed by atoms with Crippen molar-refractivity contribution in [2.75, 3.05) is 5.32 Å². The van der Waals surface area contributed by atoms with Crippen LogP contribution in [0.4, 0.5) is 5.69 Å². The number of anilines is 1. The van der Waals surface area contributed by atoms with Crippen LogP contribution in [0.15, 0.2) is 42.5 Å². The highest BCUT2D eigenvalue weighted by Crippen LogP contribution is 2.20. The summed E-state index contributed by atoms with van der Waals surface area (Å²) in [6.07, 6.45) is -0.581. The van der Waals surface area contributed by atoms with Crippen LogP contribution >= 0.6 is 11.6 Å². The highest BCUT2D eigenvalue weighted by molar-refractivity contribution is 6.30. The Morgan fingerprint density at radius 2 is 1.81 bits per heavy atom. The van der Waals surface area contributed by atoms with E-state index in [9.17, 15) is 4.79 Å². The zero-order chi connectivity index (χ0) is 15.4. The molecule has 0 aromatic heterocycles. The second-order valence-corrected chi connectivity index (χ2v) is 5.46. The van der Waals surface area contributed by atoms with Crippen molar-refractivity contribution in [1.29, 1.82) is 0 Å². The summed E-state index contributed by atoms with van der Waals surface area (Å²) in [6.45, 7) is 5.71. The summed E-state index contributed by atoms with van der Waals surface area (Å²) >= 11 is 5.81. The number of aryl methyl sites for hydroxylation is 2. The smallest absolute Gasteiger partial charge is 0.265 e. The van der Waals surface area contributed by atoms with Gasteiger partial charge in [0.2, 0.25) is 0 Å². The Morgan fingerprint density at radius 1 is 1.14 bits per heavy atom. The minimum atomic E-state index is -0.581. The number of hydrogen-bond donors (Lipinski definition) is 1. The third-order valence-electron chi connectivity index (χ3n) is 3.12. The van der Waals surface area contributed by atoms with E-state index in [1.807, 2.05) is 32.0 Å². The number of rotatable bonds is 4. The molecular weight excluding hydrogens is 286 g/mol. The average Bonchev–Trinajstić information content (AvgIpc) is 2.44. The number of hydrogen-bond acceptors (Lipinski definition) is 2. The van der Waals surface area contributed by atoms with E-state index < -0.39 is 6.10 Å². The average molecular weight is 304 g/mol. The van der Waals surface area contributed by atoms with E-state index in [2.05, 4.69) is 5.32 Å². The molecule has 0 bridgehead atoms. The summed E-state index contributed by atoms with van der Waals surface area (Å²) in [4.78, 5) is 12.1. The molecule has 0 aliphatic rings. The molecule has 0 heterocycles. The van der Waals surface area contributed by atoms with Gasteiger partial charge in [0, 0.05) is 10.7 Å². The number of amides is 1. The van der Waals surface area contributed by atoms with Gasteiger partial charge >= 0.3 is 0 Å². The molecule has 4 heteroatoms. The van der Waals surface area contributed by atoms with Crippen LogP contribution < -0.4 is 10.1 Å². The fraction of sp³-hybridized carbons (Fsp3) is 0.235. The summed E-state index contributed by atoms with van der Waals surface area (Å²) in [7, 11) is 0. The summed E-state index contributed by atoms with van der Waals surface area (Å²) in [5.41, 5.74) is 2.87. The first kappa shape index (κ1) is 15.4. The first-order valence-electron chi connectivity index (χ1n) is 6.76. The minimum Gasteiger partial charge on any atom is -0.481 e. The van der Waals surface area contributed by atoms with Gasteiger partial charge in [-0.15, -0.1) is 0 Å². The summed E-state index contributed by atoms with van der Waals surface area (Å²) in [5.74, 6) is 0.525. The van der Waals surface area contributed by atoms with Gasteiger partial charge in [0.15, 0.2) is 6.10 Å². The van der Waals surface area contributed by atoms with E-state index >= 15 is 0 Å². The molecule has 2 aromatic rings. The van der Waals surface area contributed by atoms with Crippen LogP contribution in [0.5, 0.6) is 5.75 Å². The van der Waals surface area contributed by atoms with Crippen LogP contribution in [-0.4, -0.2) is 12.0 Å². The number of carbonyl (C=O) groups is 1.